The van der Waals surface area contributed by atoms with Crippen molar-refractivity contribution in [2.24, 2.45) is 5.73 Å². The summed E-state index contributed by atoms with van der Waals surface area (Å²) in [5, 5.41) is 3.68. The number of ether oxygens (including phenoxy) is 1. The Morgan fingerprint density at radius 1 is 1.12 bits per heavy atom. The van der Waals surface area contributed by atoms with E-state index in [2.05, 4.69) is 10.3 Å². The molecule has 7 nitrogen and oxygen atoms in total. The van der Waals surface area contributed by atoms with Crippen molar-refractivity contribution >= 4 is 50.7 Å². The van der Waals surface area contributed by atoms with Crippen molar-refractivity contribution < 1.29 is 27.5 Å². The molecule has 3 aromatic heterocycles. The number of hydrogen-bond acceptors (Lipinski definition) is 6. The molecular formula is C31H26ClF2N3O4S. The minimum atomic E-state index is -2.84. The number of nitrogens with zero attached hydrogens (tertiary/aromatic N) is 1. The van der Waals surface area contributed by atoms with Crippen molar-refractivity contribution in [3.05, 3.63) is 98.9 Å². The van der Waals surface area contributed by atoms with Crippen molar-refractivity contribution in [2.45, 2.75) is 39.7 Å². The second-order valence-electron chi connectivity index (χ2n) is 9.91. The Morgan fingerprint density at radius 2 is 1.86 bits per heavy atom. The van der Waals surface area contributed by atoms with Gasteiger partial charge in [-0.25, -0.2) is 13.8 Å². The molecule has 42 heavy (non-hydrogen) atoms. The number of hydrogen-bond donors (Lipinski definition) is 2. The van der Waals surface area contributed by atoms with Crippen LogP contribution in [0.5, 0.6) is 5.75 Å². The molecule has 0 bridgehead atoms. The number of anilines is 1. The monoisotopic (exact) mass is 609 g/mol. The Labute approximate surface area is 249 Å². The SMILES string of the molecule is Cc1cc(OCc2ccc(C(=O)Nc3c(C(N)=O)sc4nc(C(F)F)cc(-c5ccccc5)c34)o2)c(C(C)C)cc1Cl. The van der Waals surface area contributed by atoms with Gasteiger partial charge in [0.05, 0.1) is 5.69 Å². The van der Waals surface area contributed by atoms with Crippen molar-refractivity contribution in [3.63, 3.8) is 0 Å². The zero-order valence-corrected chi connectivity index (χ0v) is 24.4. The number of rotatable bonds is 9. The molecule has 0 unspecified atom stereocenters. The third-order valence-corrected chi connectivity index (χ3v) is 8.13. The average Bonchev–Trinajstić information content (AvgIpc) is 3.58. The van der Waals surface area contributed by atoms with Gasteiger partial charge in [0, 0.05) is 10.4 Å². The van der Waals surface area contributed by atoms with Crippen LogP contribution in [0.4, 0.5) is 14.5 Å². The quantitative estimate of drug-likeness (QED) is 0.174. The number of halogens is 3. The number of carbonyl (C=O) groups excluding carboxylic acids is 2. The first-order valence-corrected chi connectivity index (χ1v) is 14.2. The summed E-state index contributed by atoms with van der Waals surface area (Å²) in [6.45, 7) is 6.01. The Hall–Kier alpha value is -4.28. The summed E-state index contributed by atoms with van der Waals surface area (Å²) in [7, 11) is 0. The lowest BCUT2D eigenvalue weighted by Crippen LogP contribution is -2.16. The first-order valence-electron chi connectivity index (χ1n) is 13.0. The summed E-state index contributed by atoms with van der Waals surface area (Å²) < 4.78 is 39.2. The maximum absolute atomic E-state index is 13.7. The number of amides is 2. The van der Waals surface area contributed by atoms with Gasteiger partial charge in [-0.2, -0.15) is 0 Å². The zero-order chi connectivity index (χ0) is 30.1. The number of carbonyl (C=O) groups is 2. The van der Waals surface area contributed by atoms with E-state index in [1.54, 1.807) is 36.4 Å². The topological polar surface area (TPSA) is 107 Å². The fourth-order valence-electron chi connectivity index (χ4n) is 4.52. The zero-order valence-electron chi connectivity index (χ0n) is 22.8. The van der Waals surface area contributed by atoms with E-state index in [1.807, 2.05) is 32.9 Å². The average molecular weight is 610 g/mol. The van der Waals surface area contributed by atoms with E-state index in [-0.39, 0.29) is 33.7 Å². The fraction of sp³-hybridized carbons (Fsp3) is 0.194. The highest BCUT2D eigenvalue weighted by Crippen LogP contribution is 2.42. The van der Waals surface area contributed by atoms with Crippen molar-refractivity contribution in [2.75, 3.05) is 5.32 Å². The van der Waals surface area contributed by atoms with Gasteiger partial charge in [0.25, 0.3) is 18.2 Å². The molecular weight excluding hydrogens is 584 g/mol. The minimum absolute atomic E-state index is 0.0242. The predicted molar refractivity (Wildman–Crippen MR) is 160 cm³/mol. The summed E-state index contributed by atoms with van der Waals surface area (Å²) >= 11 is 7.13. The number of aryl methyl sites for hydroxylation is 1. The van der Waals surface area contributed by atoms with E-state index in [4.69, 9.17) is 26.5 Å². The number of pyridine rings is 1. The standard InChI is InChI=1S/C31H26ClF2N3O4S/c1-15(2)19-12-21(32)16(3)11-24(19)40-14-18-9-10-23(41-18)30(39)37-26-25-20(17-7-5-4-6-8-17)13-22(28(33)34)36-31(25)42-27(26)29(35)38/h4-13,15,28H,14H2,1-3H3,(H2,35,38)(H,37,39). The number of furan rings is 1. The molecule has 0 aliphatic heterocycles. The molecule has 3 heterocycles. The van der Waals surface area contributed by atoms with Crippen LogP contribution in [0, 0.1) is 6.92 Å². The lowest BCUT2D eigenvalue weighted by atomic mass is 10.0. The van der Waals surface area contributed by atoms with E-state index in [9.17, 15) is 18.4 Å². The second-order valence-corrected chi connectivity index (χ2v) is 11.3. The largest absolute Gasteiger partial charge is 0.485 e. The molecule has 0 aliphatic rings. The van der Waals surface area contributed by atoms with Crippen molar-refractivity contribution in [1.29, 1.82) is 0 Å². The van der Waals surface area contributed by atoms with E-state index < -0.39 is 23.9 Å². The molecule has 0 fully saturated rings. The van der Waals surface area contributed by atoms with Gasteiger partial charge in [0.15, 0.2) is 5.76 Å². The number of thiophene rings is 1. The fourth-order valence-corrected chi connectivity index (χ4v) is 5.70. The Kier molecular flexibility index (Phi) is 8.29. The third kappa shape index (κ3) is 5.86. The number of alkyl halides is 2. The molecule has 0 atom stereocenters. The predicted octanol–water partition coefficient (Wildman–Crippen LogP) is 8.51. The maximum atomic E-state index is 13.7. The molecule has 11 heteroatoms. The van der Waals surface area contributed by atoms with Crippen LogP contribution >= 0.6 is 22.9 Å². The lowest BCUT2D eigenvalue weighted by molar-refractivity contribution is 0.0992. The van der Waals surface area contributed by atoms with E-state index in [0.29, 0.717) is 33.0 Å². The van der Waals surface area contributed by atoms with Gasteiger partial charge in [0.1, 0.15) is 33.5 Å². The number of nitrogens with two attached hydrogens (primary N) is 1. The highest BCUT2D eigenvalue weighted by atomic mass is 35.5. The van der Waals surface area contributed by atoms with Gasteiger partial charge in [-0.3, -0.25) is 9.59 Å². The van der Waals surface area contributed by atoms with E-state index in [1.165, 1.54) is 12.1 Å². The molecule has 3 N–H and O–H groups in total. The maximum Gasteiger partial charge on any atom is 0.291 e. The molecule has 5 aromatic rings. The number of nitrogens with one attached hydrogen (secondary N) is 1. The highest BCUT2D eigenvalue weighted by Gasteiger charge is 2.26. The third-order valence-electron chi connectivity index (χ3n) is 6.62. The smallest absolute Gasteiger partial charge is 0.291 e. The highest BCUT2D eigenvalue weighted by molar-refractivity contribution is 7.21. The molecule has 0 radical (unpaired) electrons. The number of fused-ring (bicyclic) bond motifs is 1. The van der Waals surface area contributed by atoms with Crippen LogP contribution in [0.2, 0.25) is 5.02 Å². The first-order chi connectivity index (χ1) is 20.0. The van der Waals surface area contributed by atoms with Gasteiger partial charge >= 0.3 is 0 Å². The van der Waals surface area contributed by atoms with Gasteiger partial charge in [0.2, 0.25) is 0 Å². The molecule has 5 rings (SSSR count). The number of primary amides is 1. The number of benzene rings is 2. The van der Waals surface area contributed by atoms with Crippen molar-refractivity contribution in [1.82, 2.24) is 4.98 Å². The van der Waals surface area contributed by atoms with Gasteiger partial charge < -0.3 is 20.2 Å². The van der Waals surface area contributed by atoms with E-state index in [0.717, 1.165) is 22.5 Å². The molecule has 2 aromatic carbocycles. The Morgan fingerprint density at radius 3 is 2.52 bits per heavy atom. The summed E-state index contributed by atoms with van der Waals surface area (Å²) in [6.07, 6.45) is -2.84. The van der Waals surface area contributed by atoms with Gasteiger partial charge in [-0.05, 0) is 65.4 Å². The Bertz CT molecular complexity index is 1800. The molecule has 2 amide bonds. The van der Waals surface area contributed by atoms with Crippen LogP contribution in [-0.2, 0) is 6.61 Å². The summed E-state index contributed by atoms with van der Waals surface area (Å²) in [4.78, 5) is 29.9. The van der Waals surface area contributed by atoms with Gasteiger partial charge in [-0.15, -0.1) is 11.3 Å². The van der Waals surface area contributed by atoms with Crippen LogP contribution in [0.25, 0.3) is 21.3 Å². The van der Waals surface area contributed by atoms with Crippen molar-refractivity contribution in [3.8, 4) is 16.9 Å². The second kappa shape index (κ2) is 11.9. The molecule has 0 saturated heterocycles. The van der Waals surface area contributed by atoms with Crippen LogP contribution in [-0.4, -0.2) is 16.8 Å². The van der Waals surface area contributed by atoms with Crippen LogP contribution < -0.4 is 15.8 Å². The summed E-state index contributed by atoms with van der Waals surface area (Å²) in [5.74, 6) is -0.319. The van der Waals surface area contributed by atoms with Crippen LogP contribution in [0.1, 0.15) is 69.0 Å². The molecule has 0 spiro atoms. The minimum Gasteiger partial charge on any atom is -0.485 e. The molecule has 0 aliphatic carbocycles. The lowest BCUT2D eigenvalue weighted by Gasteiger charge is -2.15. The summed E-state index contributed by atoms with van der Waals surface area (Å²) in [5.41, 5.74) is 8.04. The van der Waals surface area contributed by atoms with E-state index >= 15 is 0 Å². The summed E-state index contributed by atoms with van der Waals surface area (Å²) in [6, 6.07) is 16.9. The first kappa shape index (κ1) is 29.2. The van der Waals surface area contributed by atoms with Crippen LogP contribution in [0.3, 0.4) is 0 Å². The van der Waals surface area contributed by atoms with Gasteiger partial charge in [-0.1, -0.05) is 55.8 Å². The normalized spacial score (nSPS) is 11.4. The Balaban J connectivity index is 1.46. The number of aromatic nitrogens is 1. The molecule has 216 valence electrons. The van der Waals surface area contributed by atoms with Crippen LogP contribution in [0.15, 0.2) is 65.1 Å². The molecule has 0 saturated carbocycles.